The van der Waals surface area contributed by atoms with E-state index >= 15 is 0 Å². The van der Waals surface area contributed by atoms with E-state index < -0.39 is 30.0 Å². The van der Waals surface area contributed by atoms with E-state index in [1.807, 2.05) is 0 Å². The number of rotatable bonds is 6. The number of Topliss-reactive ketones (excluding diaryl/α,β-unsaturated/α-hetero) is 1. The van der Waals surface area contributed by atoms with Crippen molar-refractivity contribution < 1.29 is 32.5 Å². The summed E-state index contributed by atoms with van der Waals surface area (Å²) in [5.74, 6) is 1.42. The zero-order valence-electron chi connectivity index (χ0n) is 17.0. The standard InChI is InChI=1S/C23H24F2O5/c1-22(13-24,15-3-5-17-19(11-15)29-9-7-27-17)21(26)23(2,14-25)16-4-6-18-20(12-16)30-10-8-28-18/h3-6,11-12H,7-10,13-14H2,1-2H3. The largest absolute Gasteiger partial charge is 0.486 e. The van der Waals surface area contributed by atoms with Gasteiger partial charge >= 0.3 is 0 Å². The molecule has 2 aliphatic heterocycles. The van der Waals surface area contributed by atoms with Crippen molar-refractivity contribution in [1.82, 2.24) is 0 Å². The Morgan fingerprint density at radius 2 is 1.10 bits per heavy atom. The zero-order valence-corrected chi connectivity index (χ0v) is 17.0. The number of ketones is 1. The van der Waals surface area contributed by atoms with Gasteiger partial charge in [0.25, 0.3) is 0 Å². The number of carbonyl (C=O) groups excluding carboxylic acids is 1. The lowest BCUT2D eigenvalue weighted by Crippen LogP contribution is -2.48. The van der Waals surface area contributed by atoms with Crippen LogP contribution in [0.5, 0.6) is 23.0 Å². The molecule has 0 spiro atoms. The van der Waals surface area contributed by atoms with Crippen LogP contribution in [0, 0.1) is 0 Å². The quantitative estimate of drug-likeness (QED) is 0.711. The third-order valence-electron chi connectivity index (χ3n) is 5.90. The molecule has 0 amide bonds. The van der Waals surface area contributed by atoms with Crippen molar-refractivity contribution in [2.75, 3.05) is 39.8 Å². The van der Waals surface area contributed by atoms with Gasteiger partial charge in [0.05, 0.1) is 10.8 Å². The first-order valence-electron chi connectivity index (χ1n) is 9.89. The highest BCUT2D eigenvalue weighted by Crippen LogP contribution is 2.42. The zero-order chi connectivity index (χ0) is 21.4. The summed E-state index contributed by atoms with van der Waals surface area (Å²) in [7, 11) is 0. The van der Waals surface area contributed by atoms with Crippen molar-refractivity contribution in [2.24, 2.45) is 0 Å². The minimum absolute atomic E-state index is 0.371. The second-order valence-corrected chi connectivity index (χ2v) is 7.98. The molecule has 0 radical (unpaired) electrons. The van der Waals surface area contributed by atoms with Crippen molar-refractivity contribution in [3.8, 4) is 23.0 Å². The van der Waals surface area contributed by atoms with Gasteiger partial charge < -0.3 is 18.9 Å². The first-order valence-corrected chi connectivity index (χ1v) is 9.89. The fourth-order valence-electron chi connectivity index (χ4n) is 3.92. The molecular weight excluding hydrogens is 394 g/mol. The van der Waals surface area contributed by atoms with Crippen LogP contribution >= 0.6 is 0 Å². The van der Waals surface area contributed by atoms with E-state index in [9.17, 15) is 13.6 Å². The number of fused-ring (bicyclic) bond motifs is 2. The van der Waals surface area contributed by atoms with E-state index in [1.54, 1.807) is 36.4 Å². The molecule has 0 fully saturated rings. The average Bonchev–Trinajstić information content (AvgIpc) is 2.81. The van der Waals surface area contributed by atoms with E-state index in [-0.39, 0.29) is 0 Å². The van der Waals surface area contributed by atoms with Crippen molar-refractivity contribution in [3.05, 3.63) is 47.5 Å². The Labute approximate surface area is 173 Å². The molecule has 2 aliphatic rings. The van der Waals surface area contributed by atoms with Gasteiger partial charge in [-0.3, -0.25) is 4.79 Å². The van der Waals surface area contributed by atoms with Crippen LogP contribution in [0.3, 0.4) is 0 Å². The Kier molecular flexibility index (Phi) is 5.30. The van der Waals surface area contributed by atoms with E-state index in [0.29, 0.717) is 60.6 Å². The van der Waals surface area contributed by atoms with Crippen molar-refractivity contribution >= 4 is 5.78 Å². The summed E-state index contributed by atoms with van der Waals surface area (Å²) in [6.07, 6.45) is 0. The van der Waals surface area contributed by atoms with Crippen LogP contribution in [-0.2, 0) is 15.6 Å². The van der Waals surface area contributed by atoms with Gasteiger partial charge in [0.15, 0.2) is 28.8 Å². The molecule has 2 unspecified atom stereocenters. The summed E-state index contributed by atoms with van der Waals surface area (Å²) < 4.78 is 51.0. The summed E-state index contributed by atoms with van der Waals surface area (Å²) in [6, 6.07) is 9.79. The van der Waals surface area contributed by atoms with Gasteiger partial charge in [-0.1, -0.05) is 12.1 Å². The van der Waals surface area contributed by atoms with Crippen LogP contribution in [0.2, 0.25) is 0 Å². The third kappa shape index (κ3) is 3.26. The van der Waals surface area contributed by atoms with Gasteiger partial charge in [-0.2, -0.15) is 0 Å². The van der Waals surface area contributed by atoms with Gasteiger partial charge in [0.2, 0.25) is 0 Å². The number of benzene rings is 2. The monoisotopic (exact) mass is 418 g/mol. The molecule has 0 saturated carbocycles. The Bertz CT molecular complexity index is 887. The first kappa shape index (κ1) is 20.4. The smallest absolute Gasteiger partial charge is 0.161 e. The summed E-state index contributed by atoms with van der Waals surface area (Å²) in [5.41, 5.74) is -2.30. The molecule has 0 saturated heterocycles. The lowest BCUT2D eigenvalue weighted by atomic mass is 9.66. The molecule has 30 heavy (non-hydrogen) atoms. The lowest BCUT2D eigenvalue weighted by molar-refractivity contribution is -0.130. The van der Waals surface area contributed by atoms with Crippen molar-refractivity contribution in [2.45, 2.75) is 24.7 Å². The fourth-order valence-corrected chi connectivity index (χ4v) is 3.92. The molecule has 4 rings (SSSR count). The second-order valence-electron chi connectivity index (χ2n) is 7.98. The van der Waals surface area contributed by atoms with Crippen LogP contribution in [0.4, 0.5) is 8.78 Å². The summed E-state index contributed by atoms with van der Waals surface area (Å²) >= 11 is 0. The lowest BCUT2D eigenvalue weighted by Gasteiger charge is -2.36. The van der Waals surface area contributed by atoms with E-state index in [4.69, 9.17) is 18.9 Å². The molecule has 2 heterocycles. The molecule has 0 aromatic heterocycles. The Morgan fingerprint density at radius 1 is 0.733 bits per heavy atom. The Balaban J connectivity index is 1.73. The van der Waals surface area contributed by atoms with Crippen LogP contribution in [-0.4, -0.2) is 45.6 Å². The first-order chi connectivity index (χ1) is 14.4. The highest BCUT2D eigenvalue weighted by molar-refractivity contribution is 5.99. The van der Waals surface area contributed by atoms with Gasteiger partial charge in [-0.15, -0.1) is 0 Å². The number of hydrogen-bond donors (Lipinski definition) is 0. The van der Waals surface area contributed by atoms with Crippen molar-refractivity contribution in [1.29, 1.82) is 0 Å². The molecular formula is C23H24F2O5. The SMILES string of the molecule is CC(CF)(C(=O)C(C)(CF)c1ccc2c(c1)OCCO2)c1ccc2c(c1)OCCO2. The molecule has 0 bridgehead atoms. The predicted molar refractivity (Wildman–Crippen MR) is 107 cm³/mol. The van der Waals surface area contributed by atoms with Crippen LogP contribution in [0.1, 0.15) is 25.0 Å². The molecule has 0 N–H and O–H groups in total. The number of alkyl halides is 2. The molecule has 0 aliphatic carbocycles. The molecule has 2 atom stereocenters. The average molecular weight is 418 g/mol. The molecule has 7 heteroatoms. The number of halogens is 2. The Hall–Kier alpha value is -2.83. The fraction of sp³-hybridized carbons (Fsp3) is 0.435. The molecule has 2 aromatic rings. The summed E-state index contributed by atoms with van der Waals surface area (Å²) in [5, 5.41) is 0. The maximum absolute atomic E-state index is 14.4. The topological polar surface area (TPSA) is 54.0 Å². The highest BCUT2D eigenvalue weighted by atomic mass is 19.1. The Morgan fingerprint density at radius 3 is 1.47 bits per heavy atom. The second kappa shape index (κ2) is 7.78. The van der Waals surface area contributed by atoms with E-state index in [0.717, 1.165) is 0 Å². The van der Waals surface area contributed by atoms with Crippen molar-refractivity contribution in [3.63, 3.8) is 0 Å². The molecule has 160 valence electrons. The van der Waals surface area contributed by atoms with Gasteiger partial charge in [0, 0.05) is 0 Å². The maximum atomic E-state index is 14.4. The summed E-state index contributed by atoms with van der Waals surface area (Å²) in [6.45, 7) is 2.62. The van der Waals surface area contributed by atoms with Gasteiger partial charge in [-0.05, 0) is 49.2 Å². The molecule has 5 nitrogen and oxygen atoms in total. The number of hydrogen-bond acceptors (Lipinski definition) is 5. The van der Waals surface area contributed by atoms with E-state index in [2.05, 4.69) is 0 Å². The highest BCUT2D eigenvalue weighted by Gasteiger charge is 2.48. The number of carbonyl (C=O) groups is 1. The normalized spacial score (nSPS) is 18.8. The number of ether oxygens (including phenoxy) is 4. The third-order valence-corrected chi connectivity index (χ3v) is 5.90. The predicted octanol–water partition coefficient (Wildman–Crippen LogP) is 3.95. The summed E-state index contributed by atoms with van der Waals surface area (Å²) in [4.78, 5) is 13.7. The van der Waals surface area contributed by atoms with E-state index in [1.165, 1.54) is 13.8 Å². The van der Waals surface area contributed by atoms with Gasteiger partial charge in [0.1, 0.15) is 39.8 Å². The van der Waals surface area contributed by atoms with Gasteiger partial charge in [-0.25, -0.2) is 8.78 Å². The van der Waals surface area contributed by atoms with Crippen LogP contribution in [0.15, 0.2) is 36.4 Å². The van der Waals surface area contributed by atoms with Crippen LogP contribution in [0.25, 0.3) is 0 Å². The minimum atomic E-state index is -1.57. The minimum Gasteiger partial charge on any atom is -0.486 e. The molecule has 2 aromatic carbocycles. The van der Waals surface area contributed by atoms with Crippen LogP contribution < -0.4 is 18.9 Å². The maximum Gasteiger partial charge on any atom is 0.161 e.